The van der Waals surface area contributed by atoms with Gasteiger partial charge in [-0.2, -0.15) is 4.31 Å². The van der Waals surface area contributed by atoms with Gasteiger partial charge in [0.25, 0.3) is 15.9 Å². The maximum absolute atomic E-state index is 13.3. The highest BCUT2D eigenvalue weighted by atomic mass is 35.5. The number of morpholine rings is 1. The van der Waals surface area contributed by atoms with Crippen molar-refractivity contribution in [2.75, 3.05) is 36.3 Å². The van der Waals surface area contributed by atoms with Crippen molar-refractivity contribution in [2.24, 2.45) is 0 Å². The number of ether oxygens (including phenoxy) is 1. The molecule has 0 aromatic heterocycles. The van der Waals surface area contributed by atoms with Crippen LogP contribution in [0.1, 0.15) is 15.9 Å². The van der Waals surface area contributed by atoms with E-state index in [0.717, 1.165) is 6.07 Å². The van der Waals surface area contributed by atoms with Crippen LogP contribution in [0.25, 0.3) is 0 Å². The maximum atomic E-state index is 13.3. The average molecular weight is 585 g/mol. The number of halogens is 2. The first kappa shape index (κ1) is 27.4. The summed E-state index contributed by atoms with van der Waals surface area (Å²) >= 11 is 12.4. The summed E-state index contributed by atoms with van der Waals surface area (Å²) in [6, 6.07) is 15.0. The van der Waals surface area contributed by atoms with Gasteiger partial charge in [-0.15, -0.1) is 0 Å². The second-order valence-electron chi connectivity index (χ2n) is 8.18. The molecule has 37 heavy (non-hydrogen) atoms. The molecule has 4 rings (SSSR count). The molecule has 1 amide bonds. The van der Waals surface area contributed by atoms with Gasteiger partial charge in [-0.3, -0.25) is 9.52 Å². The number of para-hydroxylation sites is 1. The summed E-state index contributed by atoms with van der Waals surface area (Å²) in [5.41, 5.74) is 0.929. The van der Waals surface area contributed by atoms with Crippen LogP contribution in [-0.2, 0) is 24.8 Å². The third-order valence-corrected chi connectivity index (χ3v) is 9.69. The van der Waals surface area contributed by atoms with Gasteiger partial charge in [0.15, 0.2) is 0 Å². The number of amides is 1. The summed E-state index contributed by atoms with van der Waals surface area (Å²) in [6.45, 7) is 2.59. The summed E-state index contributed by atoms with van der Waals surface area (Å²) in [7, 11) is -8.21. The number of aryl methyl sites for hydroxylation is 1. The molecular formula is C24H23Cl2N3O6S2. The number of rotatable bonds is 7. The van der Waals surface area contributed by atoms with Crippen LogP contribution in [0.5, 0.6) is 0 Å². The third kappa shape index (κ3) is 6.08. The van der Waals surface area contributed by atoms with Crippen molar-refractivity contribution in [3.05, 3.63) is 81.8 Å². The van der Waals surface area contributed by atoms with Crippen LogP contribution in [0.4, 0.5) is 11.4 Å². The monoisotopic (exact) mass is 583 g/mol. The Morgan fingerprint density at radius 2 is 1.59 bits per heavy atom. The molecule has 1 heterocycles. The number of nitrogens with one attached hydrogen (secondary N) is 2. The normalized spacial score (nSPS) is 14.8. The van der Waals surface area contributed by atoms with Gasteiger partial charge in [0, 0.05) is 18.8 Å². The second-order valence-corrected chi connectivity index (χ2v) is 12.6. The van der Waals surface area contributed by atoms with Crippen molar-refractivity contribution >= 4 is 60.5 Å². The van der Waals surface area contributed by atoms with E-state index in [4.69, 9.17) is 27.9 Å². The first-order chi connectivity index (χ1) is 17.5. The molecule has 13 heteroatoms. The van der Waals surface area contributed by atoms with E-state index in [1.165, 1.54) is 28.6 Å². The lowest BCUT2D eigenvalue weighted by Gasteiger charge is -2.26. The van der Waals surface area contributed by atoms with E-state index in [0.29, 0.717) is 11.3 Å². The molecule has 0 bridgehead atoms. The molecule has 2 N–H and O–H groups in total. The highest BCUT2D eigenvalue weighted by Crippen LogP contribution is 2.32. The number of benzene rings is 3. The molecule has 0 spiro atoms. The van der Waals surface area contributed by atoms with Gasteiger partial charge < -0.3 is 10.1 Å². The quantitative estimate of drug-likeness (QED) is 0.425. The Balaban J connectivity index is 1.65. The molecule has 1 aliphatic rings. The Morgan fingerprint density at radius 1 is 0.919 bits per heavy atom. The van der Waals surface area contributed by atoms with Crippen LogP contribution in [-0.4, -0.2) is 53.4 Å². The van der Waals surface area contributed by atoms with E-state index >= 15 is 0 Å². The number of sulfonamides is 2. The minimum Gasteiger partial charge on any atom is -0.379 e. The highest BCUT2D eigenvalue weighted by molar-refractivity contribution is 7.93. The minimum absolute atomic E-state index is 0.0350. The predicted molar refractivity (Wildman–Crippen MR) is 142 cm³/mol. The van der Waals surface area contributed by atoms with Gasteiger partial charge in [0.2, 0.25) is 10.0 Å². The standard InChI is InChI=1S/C24H23Cl2N3O6S2/c1-16-7-8-18(37(33,34)29-9-11-35-12-10-29)13-22(16)28-36(31,32)23-14-19(20(25)15-21(23)26)24(30)27-17-5-3-2-4-6-17/h2-8,13-15,28H,9-12H2,1H3,(H,27,30). The van der Waals surface area contributed by atoms with Crippen molar-refractivity contribution < 1.29 is 26.4 Å². The van der Waals surface area contributed by atoms with Gasteiger partial charge >= 0.3 is 0 Å². The van der Waals surface area contributed by atoms with E-state index in [2.05, 4.69) is 10.0 Å². The lowest BCUT2D eigenvalue weighted by molar-refractivity contribution is 0.0730. The number of carbonyl (C=O) groups is 1. The largest absolute Gasteiger partial charge is 0.379 e. The molecule has 1 fully saturated rings. The molecular weight excluding hydrogens is 561 g/mol. The van der Waals surface area contributed by atoms with Gasteiger partial charge in [-0.05, 0) is 48.9 Å². The Labute approximate surface area is 225 Å². The molecule has 1 aliphatic heterocycles. The van der Waals surface area contributed by atoms with Crippen LogP contribution < -0.4 is 10.0 Å². The second kappa shape index (κ2) is 11.0. The first-order valence-electron chi connectivity index (χ1n) is 11.1. The van der Waals surface area contributed by atoms with E-state index in [1.807, 2.05) is 0 Å². The summed E-state index contributed by atoms with van der Waals surface area (Å²) in [5, 5.41) is 2.41. The van der Waals surface area contributed by atoms with Crippen LogP contribution in [0, 0.1) is 6.92 Å². The molecule has 0 unspecified atom stereocenters. The number of carbonyl (C=O) groups excluding carboxylic acids is 1. The maximum Gasteiger partial charge on any atom is 0.263 e. The SMILES string of the molecule is Cc1ccc(S(=O)(=O)N2CCOCC2)cc1NS(=O)(=O)c1cc(C(=O)Nc2ccccc2)c(Cl)cc1Cl. The van der Waals surface area contributed by atoms with Gasteiger partial charge in [-0.25, -0.2) is 16.8 Å². The lowest BCUT2D eigenvalue weighted by atomic mass is 10.2. The fourth-order valence-corrected chi connectivity index (χ4v) is 7.05. The highest BCUT2D eigenvalue weighted by Gasteiger charge is 2.28. The molecule has 0 saturated carbocycles. The summed E-state index contributed by atoms with van der Waals surface area (Å²) in [5.74, 6) is -0.626. The molecule has 0 radical (unpaired) electrons. The van der Waals surface area contributed by atoms with Crippen molar-refractivity contribution in [1.29, 1.82) is 0 Å². The van der Waals surface area contributed by atoms with Crippen molar-refractivity contribution in [1.82, 2.24) is 4.31 Å². The first-order valence-corrected chi connectivity index (χ1v) is 14.7. The molecule has 196 valence electrons. The van der Waals surface area contributed by atoms with Gasteiger partial charge in [0.05, 0.1) is 39.4 Å². The minimum atomic E-state index is -4.35. The lowest BCUT2D eigenvalue weighted by Crippen LogP contribution is -2.40. The Bertz CT molecular complexity index is 1540. The van der Waals surface area contributed by atoms with Crippen molar-refractivity contribution in [3.8, 4) is 0 Å². The number of nitrogens with zero attached hydrogens (tertiary/aromatic N) is 1. The molecule has 9 nitrogen and oxygen atoms in total. The number of hydrogen-bond acceptors (Lipinski definition) is 6. The molecule has 3 aromatic carbocycles. The van der Waals surface area contributed by atoms with E-state index in [-0.39, 0.29) is 52.5 Å². The zero-order valence-electron chi connectivity index (χ0n) is 19.6. The van der Waals surface area contributed by atoms with Crippen LogP contribution in [0.3, 0.4) is 0 Å². The van der Waals surface area contributed by atoms with Crippen LogP contribution in [0.2, 0.25) is 10.0 Å². The van der Waals surface area contributed by atoms with E-state index < -0.39 is 30.8 Å². The van der Waals surface area contributed by atoms with Crippen molar-refractivity contribution in [3.63, 3.8) is 0 Å². The smallest absolute Gasteiger partial charge is 0.263 e. The zero-order valence-corrected chi connectivity index (χ0v) is 22.7. The summed E-state index contributed by atoms with van der Waals surface area (Å²) in [6.07, 6.45) is 0. The van der Waals surface area contributed by atoms with E-state index in [9.17, 15) is 21.6 Å². The zero-order chi connectivity index (χ0) is 26.8. The van der Waals surface area contributed by atoms with E-state index in [1.54, 1.807) is 37.3 Å². The Kier molecular flexibility index (Phi) is 8.12. The number of hydrogen-bond donors (Lipinski definition) is 2. The summed E-state index contributed by atoms with van der Waals surface area (Å²) < 4.78 is 61.7. The fraction of sp³-hybridized carbons (Fsp3) is 0.208. The third-order valence-electron chi connectivity index (χ3n) is 5.65. The predicted octanol–water partition coefficient (Wildman–Crippen LogP) is 4.38. The van der Waals surface area contributed by atoms with Gasteiger partial charge in [0.1, 0.15) is 4.90 Å². The molecule has 3 aromatic rings. The van der Waals surface area contributed by atoms with Crippen LogP contribution in [0.15, 0.2) is 70.5 Å². The topological polar surface area (TPSA) is 122 Å². The molecule has 0 atom stereocenters. The number of anilines is 2. The Hall–Kier alpha value is -2.67. The fourth-order valence-electron chi connectivity index (χ4n) is 3.64. The Morgan fingerprint density at radius 3 is 2.27 bits per heavy atom. The van der Waals surface area contributed by atoms with Gasteiger partial charge in [-0.1, -0.05) is 47.5 Å². The molecule has 0 aliphatic carbocycles. The summed E-state index contributed by atoms with van der Waals surface area (Å²) in [4.78, 5) is 12.4. The average Bonchev–Trinajstić information content (AvgIpc) is 2.86. The van der Waals surface area contributed by atoms with Crippen molar-refractivity contribution in [2.45, 2.75) is 16.7 Å². The molecule has 1 saturated heterocycles. The van der Waals surface area contributed by atoms with Crippen LogP contribution >= 0.6 is 23.2 Å².